The SMILES string of the molecule is CCOC(=O)C1=C(C)N(Cc2cccc(C(=O)NC(C)C(C)C)c2)C(=O)CC1c1cccc(F)c1. The molecule has 3 rings (SSSR count). The van der Waals surface area contributed by atoms with Crippen LogP contribution in [0.5, 0.6) is 0 Å². The summed E-state index contributed by atoms with van der Waals surface area (Å²) in [5, 5.41) is 2.99. The first kappa shape index (κ1) is 26.1. The summed E-state index contributed by atoms with van der Waals surface area (Å²) in [6.07, 6.45) is 0.0149. The highest BCUT2D eigenvalue weighted by atomic mass is 19.1. The Hall–Kier alpha value is -3.48. The molecule has 2 atom stereocenters. The van der Waals surface area contributed by atoms with Crippen molar-refractivity contribution in [3.05, 3.63) is 82.3 Å². The van der Waals surface area contributed by atoms with Gasteiger partial charge in [0.05, 0.1) is 18.7 Å². The van der Waals surface area contributed by atoms with Gasteiger partial charge in [-0.25, -0.2) is 9.18 Å². The lowest BCUT2D eigenvalue weighted by atomic mass is 9.83. The van der Waals surface area contributed by atoms with Gasteiger partial charge < -0.3 is 15.0 Å². The van der Waals surface area contributed by atoms with E-state index in [9.17, 15) is 18.8 Å². The molecule has 0 spiro atoms. The van der Waals surface area contributed by atoms with Crippen molar-refractivity contribution in [1.29, 1.82) is 0 Å². The van der Waals surface area contributed by atoms with Crippen molar-refractivity contribution >= 4 is 17.8 Å². The summed E-state index contributed by atoms with van der Waals surface area (Å²) in [5.74, 6) is -1.61. The second-order valence-corrected chi connectivity index (χ2v) is 9.22. The minimum Gasteiger partial charge on any atom is -0.463 e. The quantitative estimate of drug-likeness (QED) is 0.543. The van der Waals surface area contributed by atoms with Gasteiger partial charge in [0.1, 0.15) is 5.82 Å². The number of esters is 1. The maximum atomic E-state index is 13.9. The molecule has 35 heavy (non-hydrogen) atoms. The third-order valence-corrected chi connectivity index (χ3v) is 6.46. The van der Waals surface area contributed by atoms with Crippen LogP contribution in [0.3, 0.4) is 0 Å². The molecule has 1 aliphatic heterocycles. The summed E-state index contributed by atoms with van der Waals surface area (Å²) in [7, 11) is 0. The van der Waals surface area contributed by atoms with Crippen LogP contribution < -0.4 is 5.32 Å². The first-order chi connectivity index (χ1) is 16.6. The number of carbonyl (C=O) groups is 3. The van der Waals surface area contributed by atoms with Crippen LogP contribution in [0.25, 0.3) is 0 Å². The molecular weight excluding hydrogens is 447 g/mol. The normalized spacial score (nSPS) is 16.9. The van der Waals surface area contributed by atoms with E-state index >= 15 is 0 Å². The fourth-order valence-corrected chi connectivity index (χ4v) is 4.14. The molecule has 0 radical (unpaired) electrons. The minimum absolute atomic E-state index is 0.0149. The average molecular weight is 481 g/mol. The number of amides is 2. The molecule has 1 N–H and O–H groups in total. The molecule has 1 aliphatic rings. The van der Waals surface area contributed by atoms with E-state index in [1.165, 1.54) is 17.0 Å². The highest BCUT2D eigenvalue weighted by Gasteiger charge is 2.37. The third kappa shape index (κ3) is 6.15. The van der Waals surface area contributed by atoms with Gasteiger partial charge in [0.15, 0.2) is 0 Å². The zero-order valence-corrected chi connectivity index (χ0v) is 20.9. The van der Waals surface area contributed by atoms with Crippen LogP contribution in [0.1, 0.15) is 68.4 Å². The van der Waals surface area contributed by atoms with Gasteiger partial charge in [0.2, 0.25) is 5.91 Å². The van der Waals surface area contributed by atoms with Gasteiger partial charge in [-0.15, -0.1) is 0 Å². The van der Waals surface area contributed by atoms with Crippen LogP contribution in [-0.4, -0.2) is 35.3 Å². The van der Waals surface area contributed by atoms with E-state index in [-0.39, 0.29) is 37.4 Å². The van der Waals surface area contributed by atoms with E-state index in [2.05, 4.69) is 5.32 Å². The molecule has 7 heteroatoms. The van der Waals surface area contributed by atoms with Gasteiger partial charge in [-0.3, -0.25) is 9.59 Å². The summed E-state index contributed by atoms with van der Waals surface area (Å²) in [5.41, 5.74) is 2.63. The first-order valence-corrected chi connectivity index (χ1v) is 12.0. The van der Waals surface area contributed by atoms with Gasteiger partial charge in [-0.2, -0.15) is 0 Å². The Kier molecular flexibility index (Phi) is 8.43. The van der Waals surface area contributed by atoms with Crippen LogP contribution >= 0.6 is 0 Å². The lowest BCUT2D eigenvalue weighted by Gasteiger charge is -2.34. The van der Waals surface area contributed by atoms with Gasteiger partial charge in [-0.1, -0.05) is 38.1 Å². The van der Waals surface area contributed by atoms with Crippen molar-refractivity contribution in [2.24, 2.45) is 5.92 Å². The molecule has 6 nitrogen and oxygen atoms in total. The maximum Gasteiger partial charge on any atom is 0.336 e. The molecule has 0 fully saturated rings. The molecule has 0 saturated heterocycles. The average Bonchev–Trinajstić information content (AvgIpc) is 2.81. The second-order valence-electron chi connectivity index (χ2n) is 9.22. The molecule has 2 aromatic carbocycles. The van der Waals surface area contributed by atoms with E-state index < -0.39 is 17.7 Å². The largest absolute Gasteiger partial charge is 0.463 e. The molecule has 0 saturated carbocycles. The van der Waals surface area contributed by atoms with Gasteiger partial charge >= 0.3 is 5.97 Å². The Morgan fingerprint density at radius 3 is 2.51 bits per heavy atom. The standard InChI is InChI=1S/C28H33FN2O4/c1-6-35-28(34)26-19(5)31(25(32)15-24(26)21-10-8-12-23(29)14-21)16-20-9-7-11-22(13-20)27(33)30-18(4)17(2)3/h7-14,17-18,24H,6,15-16H2,1-5H3,(H,30,33). The van der Waals surface area contributed by atoms with Crippen molar-refractivity contribution in [2.45, 2.75) is 59.5 Å². The van der Waals surface area contributed by atoms with E-state index in [1.807, 2.05) is 26.8 Å². The number of hydrogen-bond donors (Lipinski definition) is 1. The lowest BCUT2D eigenvalue weighted by molar-refractivity contribution is -0.140. The number of nitrogens with zero attached hydrogens (tertiary/aromatic N) is 1. The molecular formula is C28H33FN2O4. The monoisotopic (exact) mass is 480 g/mol. The van der Waals surface area contributed by atoms with Crippen molar-refractivity contribution < 1.29 is 23.5 Å². The Morgan fingerprint density at radius 1 is 1.14 bits per heavy atom. The summed E-state index contributed by atoms with van der Waals surface area (Å²) < 4.78 is 19.2. The van der Waals surface area contributed by atoms with E-state index in [0.717, 1.165) is 5.56 Å². The van der Waals surface area contributed by atoms with E-state index in [0.29, 0.717) is 28.3 Å². The van der Waals surface area contributed by atoms with Crippen molar-refractivity contribution in [1.82, 2.24) is 10.2 Å². The molecule has 2 unspecified atom stereocenters. The third-order valence-electron chi connectivity index (χ3n) is 6.46. The number of ether oxygens (including phenoxy) is 1. The Balaban J connectivity index is 1.93. The van der Waals surface area contributed by atoms with Crippen LogP contribution in [0.15, 0.2) is 59.8 Å². The van der Waals surface area contributed by atoms with Crippen LogP contribution in [0.2, 0.25) is 0 Å². The number of nitrogens with one attached hydrogen (secondary N) is 1. The van der Waals surface area contributed by atoms with Crippen molar-refractivity contribution in [3.63, 3.8) is 0 Å². The number of rotatable bonds is 8. The van der Waals surface area contributed by atoms with Crippen molar-refractivity contribution in [3.8, 4) is 0 Å². The Morgan fingerprint density at radius 2 is 1.86 bits per heavy atom. The van der Waals surface area contributed by atoms with Crippen LogP contribution in [0, 0.1) is 11.7 Å². The second kappa shape index (κ2) is 11.3. The number of benzene rings is 2. The summed E-state index contributed by atoms with van der Waals surface area (Å²) in [6.45, 7) is 9.84. The molecule has 186 valence electrons. The fourth-order valence-electron chi connectivity index (χ4n) is 4.14. The van der Waals surface area contributed by atoms with Gasteiger partial charge in [0, 0.05) is 29.6 Å². The molecule has 2 aromatic rings. The lowest BCUT2D eigenvalue weighted by Crippen LogP contribution is -2.38. The van der Waals surface area contributed by atoms with E-state index in [4.69, 9.17) is 4.74 Å². The summed E-state index contributed by atoms with van der Waals surface area (Å²) in [4.78, 5) is 40.3. The number of hydrogen-bond acceptors (Lipinski definition) is 4. The predicted molar refractivity (Wildman–Crippen MR) is 132 cm³/mol. The highest BCUT2D eigenvalue weighted by Crippen LogP contribution is 2.38. The Labute approximate surface area is 206 Å². The fraction of sp³-hybridized carbons (Fsp3) is 0.393. The summed E-state index contributed by atoms with van der Waals surface area (Å²) >= 11 is 0. The zero-order chi connectivity index (χ0) is 25.7. The topological polar surface area (TPSA) is 75.7 Å². The van der Waals surface area contributed by atoms with Crippen LogP contribution in [-0.2, 0) is 20.9 Å². The first-order valence-electron chi connectivity index (χ1n) is 12.0. The van der Waals surface area contributed by atoms with Gasteiger partial charge in [-0.05, 0) is 62.1 Å². The van der Waals surface area contributed by atoms with Crippen LogP contribution in [0.4, 0.5) is 4.39 Å². The number of halogens is 1. The maximum absolute atomic E-state index is 13.9. The van der Waals surface area contributed by atoms with E-state index in [1.54, 1.807) is 44.2 Å². The molecule has 2 amide bonds. The number of carbonyl (C=O) groups excluding carboxylic acids is 3. The molecule has 0 bridgehead atoms. The molecule has 1 heterocycles. The highest BCUT2D eigenvalue weighted by molar-refractivity contribution is 5.96. The van der Waals surface area contributed by atoms with Crippen molar-refractivity contribution in [2.75, 3.05) is 6.61 Å². The summed E-state index contributed by atoms with van der Waals surface area (Å²) in [6, 6.07) is 13.1. The smallest absolute Gasteiger partial charge is 0.336 e. The zero-order valence-electron chi connectivity index (χ0n) is 20.9. The molecule has 0 aliphatic carbocycles. The molecule has 0 aromatic heterocycles. The predicted octanol–water partition coefficient (Wildman–Crippen LogP) is 4.95. The minimum atomic E-state index is -0.594. The number of allylic oxidation sites excluding steroid dienone is 1. The van der Waals surface area contributed by atoms with Gasteiger partial charge in [0.25, 0.3) is 5.91 Å². The Bertz CT molecular complexity index is 1140.